The molecule has 1 saturated heterocycles. The van der Waals surface area contributed by atoms with E-state index < -0.39 is 53.1 Å². The van der Waals surface area contributed by atoms with Gasteiger partial charge < -0.3 is 20.1 Å². The number of nitriles is 1. The number of thioether (sulfide) groups is 1. The SMILES string of the molecule is N#Cc1ncc(S[C@H]2OC(CO)[C@H](O)C(n3cc(-c4cc(F)c(Cl)c(F)c4)nn3)C2O)cc1Cl. The average molecular weight is 530 g/mol. The van der Waals surface area contributed by atoms with Gasteiger partial charge in [0.2, 0.25) is 0 Å². The third kappa shape index (κ3) is 4.73. The van der Waals surface area contributed by atoms with Crippen LogP contribution in [-0.2, 0) is 4.74 Å². The van der Waals surface area contributed by atoms with Crippen molar-refractivity contribution in [2.75, 3.05) is 6.61 Å². The minimum atomic E-state index is -1.40. The van der Waals surface area contributed by atoms with Gasteiger partial charge in [0.05, 0.1) is 17.8 Å². The summed E-state index contributed by atoms with van der Waals surface area (Å²) in [6.07, 6.45) is -1.19. The Morgan fingerprint density at radius 3 is 2.50 bits per heavy atom. The maximum atomic E-state index is 13.9. The number of hydrogen-bond acceptors (Lipinski definition) is 9. The Labute approximate surface area is 205 Å². The summed E-state index contributed by atoms with van der Waals surface area (Å²) in [5, 5.41) is 47.6. The lowest BCUT2D eigenvalue weighted by Crippen LogP contribution is -2.55. The van der Waals surface area contributed by atoms with Crippen molar-refractivity contribution < 1.29 is 28.8 Å². The van der Waals surface area contributed by atoms with Crippen LogP contribution in [0.5, 0.6) is 0 Å². The van der Waals surface area contributed by atoms with Crippen molar-refractivity contribution in [3.63, 3.8) is 0 Å². The van der Waals surface area contributed by atoms with Crippen LogP contribution in [0.2, 0.25) is 10.0 Å². The van der Waals surface area contributed by atoms with Crippen molar-refractivity contribution in [2.45, 2.75) is 34.7 Å². The third-order valence-electron chi connectivity index (χ3n) is 5.12. The number of rotatable bonds is 5. The van der Waals surface area contributed by atoms with E-state index in [1.807, 2.05) is 6.07 Å². The third-order valence-corrected chi connectivity index (χ3v) is 6.88. The first-order chi connectivity index (χ1) is 16.2. The van der Waals surface area contributed by atoms with E-state index in [1.54, 1.807) is 0 Å². The number of aromatic nitrogens is 4. The molecule has 1 aromatic carbocycles. The van der Waals surface area contributed by atoms with Gasteiger partial charge in [-0.3, -0.25) is 0 Å². The number of aliphatic hydroxyl groups is 3. The molecular formula is C20H15Cl2F2N5O4S. The van der Waals surface area contributed by atoms with Gasteiger partial charge in [-0.15, -0.1) is 5.10 Å². The standard InChI is InChI=1S/C20H15Cl2F2N5O4S/c21-10-3-9(5-26-13(10)4-25)34-20-19(32)17(18(31)15(7-30)33-20)29-6-14(27-28-29)8-1-11(23)16(22)12(24)2-8/h1-3,5-6,15,17-20,30-32H,7H2/t15?,17?,18-,19?,20+/m0/s1. The topological polar surface area (TPSA) is 137 Å². The van der Waals surface area contributed by atoms with Crippen LogP contribution in [0.3, 0.4) is 0 Å². The first-order valence-corrected chi connectivity index (χ1v) is 11.3. The molecule has 0 saturated carbocycles. The van der Waals surface area contributed by atoms with Crippen molar-refractivity contribution in [1.82, 2.24) is 20.0 Å². The van der Waals surface area contributed by atoms with Crippen LogP contribution < -0.4 is 0 Å². The molecule has 4 rings (SSSR count). The molecule has 178 valence electrons. The Kier molecular flexibility index (Phi) is 7.34. The van der Waals surface area contributed by atoms with Crippen LogP contribution in [0.4, 0.5) is 8.78 Å². The average Bonchev–Trinajstić information content (AvgIpc) is 3.29. The largest absolute Gasteiger partial charge is 0.394 e. The van der Waals surface area contributed by atoms with E-state index in [-0.39, 0.29) is 22.0 Å². The van der Waals surface area contributed by atoms with Crippen LogP contribution in [0.25, 0.3) is 11.3 Å². The first-order valence-electron chi connectivity index (χ1n) is 9.65. The van der Waals surface area contributed by atoms with E-state index in [0.717, 1.165) is 28.6 Å². The van der Waals surface area contributed by atoms with E-state index in [9.17, 15) is 24.1 Å². The van der Waals surface area contributed by atoms with Crippen LogP contribution in [0.15, 0.2) is 35.5 Å². The van der Waals surface area contributed by atoms with Crippen molar-refractivity contribution >= 4 is 35.0 Å². The molecule has 5 atom stereocenters. The van der Waals surface area contributed by atoms with E-state index >= 15 is 0 Å². The predicted molar refractivity (Wildman–Crippen MR) is 117 cm³/mol. The van der Waals surface area contributed by atoms with Crippen LogP contribution >= 0.6 is 35.0 Å². The second-order valence-corrected chi connectivity index (χ2v) is 9.22. The molecule has 2 aromatic heterocycles. The number of pyridine rings is 1. The van der Waals surface area contributed by atoms with Gasteiger partial charge in [0.25, 0.3) is 0 Å². The highest BCUT2D eigenvalue weighted by Crippen LogP contribution is 2.39. The number of nitrogens with zero attached hydrogens (tertiary/aromatic N) is 5. The summed E-state index contributed by atoms with van der Waals surface area (Å²) in [6, 6.07) is 4.14. The van der Waals surface area contributed by atoms with Crippen molar-refractivity contribution in [1.29, 1.82) is 5.26 Å². The van der Waals surface area contributed by atoms with Gasteiger partial charge in [-0.25, -0.2) is 18.4 Å². The number of halogens is 4. The minimum absolute atomic E-state index is 0.0304. The van der Waals surface area contributed by atoms with E-state index in [1.165, 1.54) is 18.5 Å². The Morgan fingerprint density at radius 1 is 1.18 bits per heavy atom. The second kappa shape index (κ2) is 10.1. The summed E-state index contributed by atoms with van der Waals surface area (Å²) < 4.78 is 34.5. The van der Waals surface area contributed by atoms with E-state index in [0.29, 0.717) is 4.90 Å². The summed E-state index contributed by atoms with van der Waals surface area (Å²) in [7, 11) is 0. The van der Waals surface area contributed by atoms with Crippen LogP contribution in [0, 0.1) is 23.0 Å². The molecule has 3 N–H and O–H groups in total. The van der Waals surface area contributed by atoms with Gasteiger partial charge in [0.1, 0.15) is 58.2 Å². The normalized spacial score (nSPS) is 24.7. The first kappa shape index (κ1) is 24.7. The number of ether oxygens (including phenoxy) is 1. The Bertz CT molecular complexity index is 1240. The van der Waals surface area contributed by atoms with E-state index in [4.69, 9.17) is 33.2 Å². The van der Waals surface area contributed by atoms with Crippen molar-refractivity contribution in [3.8, 4) is 17.3 Å². The number of hydrogen-bond donors (Lipinski definition) is 3. The predicted octanol–water partition coefficient (Wildman–Crippen LogP) is 2.57. The van der Waals surface area contributed by atoms with Crippen LogP contribution in [-0.4, -0.2) is 65.7 Å². The smallest absolute Gasteiger partial charge is 0.159 e. The number of benzene rings is 1. The molecule has 0 amide bonds. The Morgan fingerprint density at radius 2 is 1.88 bits per heavy atom. The summed E-state index contributed by atoms with van der Waals surface area (Å²) in [5.41, 5.74) is -0.866. The van der Waals surface area contributed by atoms with Gasteiger partial charge in [0, 0.05) is 16.7 Å². The quantitative estimate of drug-likeness (QED) is 0.425. The molecular weight excluding hydrogens is 515 g/mol. The molecule has 0 aliphatic carbocycles. The summed E-state index contributed by atoms with van der Waals surface area (Å²) in [4.78, 5) is 4.39. The van der Waals surface area contributed by atoms with Gasteiger partial charge >= 0.3 is 0 Å². The molecule has 3 aromatic rings. The molecule has 1 fully saturated rings. The monoisotopic (exact) mass is 529 g/mol. The molecule has 9 nitrogen and oxygen atoms in total. The molecule has 1 aliphatic heterocycles. The molecule has 0 bridgehead atoms. The van der Waals surface area contributed by atoms with Gasteiger partial charge in [0.15, 0.2) is 5.69 Å². The van der Waals surface area contributed by atoms with Gasteiger partial charge in [-0.2, -0.15) is 5.26 Å². The molecule has 1 aliphatic rings. The molecule has 3 unspecified atom stereocenters. The maximum absolute atomic E-state index is 13.9. The number of aliphatic hydroxyl groups excluding tert-OH is 3. The van der Waals surface area contributed by atoms with Gasteiger partial charge in [-0.1, -0.05) is 40.2 Å². The molecule has 34 heavy (non-hydrogen) atoms. The highest BCUT2D eigenvalue weighted by molar-refractivity contribution is 7.99. The molecule has 14 heteroatoms. The zero-order valence-corrected chi connectivity index (χ0v) is 19.2. The maximum Gasteiger partial charge on any atom is 0.159 e. The fraction of sp³-hybridized carbons (Fsp3) is 0.300. The van der Waals surface area contributed by atoms with Crippen molar-refractivity contribution in [3.05, 3.63) is 58.0 Å². The molecule has 0 spiro atoms. The Balaban J connectivity index is 1.63. The second-order valence-electron chi connectivity index (χ2n) is 7.27. The fourth-order valence-corrected chi connectivity index (χ4v) is 4.89. The fourth-order valence-electron chi connectivity index (χ4n) is 3.44. The zero-order valence-electron chi connectivity index (χ0n) is 16.9. The lowest BCUT2D eigenvalue weighted by atomic mass is 9.97. The minimum Gasteiger partial charge on any atom is -0.394 e. The van der Waals surface area contributed by atoms with Crippen LogP contribution in [0.1, 0.15) is 11.7 Å². The highest BCUT2D eigenvalue weighted by atomic mass is 35.5. The lowest BCUT2D eigenvalue weighted by Gasteiger charge is -2.41. The van der Waals surface area contributed by atoms with Gasteiger partial charge in [-0.05, 0) is 18.2 Å². The summed E-state index contributed by atoms with van der Waals surface area (Å²) in [6.45, 7) is -0.566. The van der Waals surface area contributed by atoms with E-state index in [2.05, 4.69) is 15.3 Å². The zero-order chi connectivity index (χ0) is 24.6. The summed E-state index contributed by atoms with van der Waals surface area (Å²) >= 11 is 12.5. The summed E-state index contributed by atoms with van der Waals surface area (Å²) in [5.74, 6) is -1.97. The lowest BCUT2D eigenvalue weighted by molar-refractivity contribution is -0.178. The Hall–Kier alpha value is -2.37. The molecule has 0 radical (unpaired) electrons. The highest BCUT2D eigenvalue weighted by Gasteiger charge is 2.46. The van der Waals surface area contributed by atoms with Crippen molar-refractivity contribution in [2.24, 2.45) is 0 Å². The molecule has 3 heterocycles.